The Labute approximate surface area is 115 Å². The fourth-order valence-electron chi connectivity index (χ4n) is 2.88. The zero-order valence-corrected chi connectivity index (χ0v) is 11.8. The summed E-state index contributed by atoms with van der Waals surface area (Å²) in [7, 11) is 1.93. The second-order valence-corrected chi connectivity index (χ2v) is 5.62. The maximum absolute atomic E-state index is 12.1. The SMILES string of the molecule is CN(CC1CCCC1)C(=O)CCc1ccccc1N. The van der Waals surface area contributed by atoms with Crippen molar-refractivity contribution in [1.82, 2.24) is 4.90 Å². The zero-order valence-electron chi connectivity index (χ0n) is 11.8. The maximum atomic E-state index is 12.1. The number of para-hydroxylation sites is 1. The summed E-state index contributed by atoms with van der Waals surface area (Å²) >= 11 is 0. The van der Waals surface area contributed by atoms with Crippen LogP contribution in [-0.2, 0) is 11.2 Å². The summed E-state index contributed by atoms with van der Waals surface area (Å²) in [6, 6.07) is 7.78. The number of rotatable bonds is 5. The molecule has 1 aliphatic carbocycles. The van der Waals surface area contributed by atoms with Crippen LogP contribution in [0.4, 0.5) is 5.69 Å². The lowest BCUT2D eigenvalue weighted by Gasteiger charge is -2.21. The summed E-state index contributed by atoms with van der Waals surface area (Å²) in [5.41, 5.74) is 7.75. The molecule has 1 aliphatic rings. The lowest BCUT2D eigenvalue weighted by molar-refractivity contribution is -0.130. The highest BCUT2D eigenvalue weighted by atomic mass is 16.2. The van der Waals surface area contributed by atoms with Crippen molar-refractivity contribution in [1.29, 1.82) is 0 Å². The van der Waals surface area contributed by atoms with Gasteiger partial charge < -0.3 is 10.6 Å². The number of amides is 1. The van der Waals surface area contributed by atoms with Crippen LogP contribution in [0, 0.1) is 5.92 Å². The highest BCUT2D eigenvalue weighted by Crippen LogP contribution is 2.25. The van der Waals surface area contributed by atoms with E-state index in [2.05, 4.69) is 0 Å². The van der Waals surface area contributed by atoms with Crippen molar-refractivity contribution in [3.63, 3.8) is 0 Å². The topological polar surface area (TPSA) is 46.3 Å². The quantitative estimate of drug-likeness (QED) is 0.827. The molecule has 1 aromatic carbocycles. The Balaban J connectivity index is 1.78. The van der Waals surface area contributed by atoms with E-state index in [9.17, 15) is 4.79 Å². The minimum atomic E-state index is 0.232. The van der Waals surface area contributed by atoms with E-state index < -0.39 is 0 Å². The van der Waals surface area contributed by atoms with Gasteiger partial charge >= 0.3 is 0 Å². The predicted octanol–water partition coefficient (Wildman–Crippen LogP) is 2.85. The number of nitrogen functional groups attached to an aromatic ring is 1. The Hall–Kier alpha value is -1.51. The van der Waals surface area contributed by atoms with Gasteiger partial charge in [0.1, 0.15) is 0 Å². The molecule has 1 fully saturated rings. The molecule has 0 spiro atoms. The van der Waals surface area contributed by atoms with Crippen molar-refractivity contribution in [2.24, 2.45) is 5.92 Å². The van der Waals surface area contributed by atoms with Gasteiger partial charge in [0, 0.05) is 25.7 Å². The smallest absolute Gasteiger partial charge is 0.222 e. The normalized spacial score (nSPS) is 15.6. The van der Waals surface area contributed by atoms with Crippen molar-refractivity contribution >= 4 is 11.6 Å². The number of nitrogens with zero attached hydrogens (tertiary/aromatic N) is 1. The fourth-order valence-corrected chi connectivity index (χ4v) is 2.88. The van der Waals surface area contributed by atoms with E-state index in [1.54, 1.807) is 0 Å². The molecule has 0 unspecified atom stereocenters. The largest absolute Gasteiger partial charge is 0.399 e. The molecular weight excluding hydrogens is 236 g/mol. The molecule has 19 heavy (non-hydrogen) atoms. The fraction of sp³-hybridized carbons (Fsp3) is 0.562. The molecule has 1 saturated carbocycles. The molecule has 1 aromatic rings. The molecule has 104 valence electrons. The highest BCUT2D eigenvalue weighted by molar-refractivity contribution is 5.76. The van der Waals surface area contributed by atoms with Gasteiger partial charge in [0.15, 0.2) is 0 Å². The molecule has 0 radical (unpaired) electrons. The summed E-state index contributed by atoms with van der Waals surface area (Å²) in [6.45, 7) is 0.920. The molecule has 3 heteroatoms. The molecule has 0 atom stereocenters. The third-order valence-electron chi connectivity index (χ3n) is 4.10. The van der Waals surface area contributed by atoms with E-state index in [0.717, 1.165) is 30.1 Å². The number of carbonyl (C=O) groups excluding carboxylic acids is 1. The van der Waals surface area contributed by atoms with Gasteiger partial charge in [-0.2, -0.15) is 0 Å². The lowest BCUT2D eigenvalue weighted by atomic mass is 10.1. The van der Waals surface area contributed by atoms with Crippen LogP contribution in [0.15, 0.2) is 24.3 Å². The molecule has 3 nitrogen and oxygen atoms in total. The van der Waals surface area contributed by atoms with Crippen molar-refractivity contribution in [2.75, 3.05) is 19.3 Å². The van der Waals surface area contributed by atoms with Gasteiger partial charge in [0.25, 0.3) is 0 Å². The van der Waals surface area contributed by atoms with Gasteiger partial charge in [-0.1, -0.05) is 31.0 Å². The van der Waals surface area contributed by atoms with E-state index >= 15 is 0 Å². The van der Waals surface area contributed by atoms with Crippen LogP contribution >= 0.6 is 0 Å². The van der Waals surface area contributed by atoms with Crippen LogP contribution in [0.1, 0.15) is 37.7 Å². The van der Waals surface area contributed by atoms with E-state index in [-0.39, 0.29) is 5.91 Å². The zero-order chi connectivity index (χ0) is 13.7. The van der Waals surface area contributed by atoms with Crippen LogP contribution in [-0.4, -0.2) is 24.4 Å². The molecule has 0 aliphatic heterocycles. The van der Waals surface area contributed by atoms with Crippen LogP contribution in [0.3, 0.4) is 0 Å². The lowest BCUT2D eigenvalue weighted by Crippen LogP contribution is -2.31. The Bertz CT molecular complexity index is 425. The van der Waals surface area contributed by atoms with Crippen LogP contribution in [0.5, 0.6) is 0 Å². The Morgan fingerprint density at radius 2 is 2.00 bits per heavy atom. The summed E-state index contributed by atoms with van der Waals surface area (Å²) in [5.74, 6) is 0.950. The maximum Gasteiger partial charge on any atom is 0.222 e. The van der Waals surface area contributed by atoms with Crippen LogP contribution in [0.25, 0.3) is 0 Å². The molecule has 0 bridgehead atoms. The molecule has 0 aromatic heterocycles. The predicted molar refractivity (Wildman–Crippen MR) is 78.8 cm³/mol. The minimum absolute atomic E-state index is 0.232. The Morgan fingerprint density at radius 3 is 2.68 bits per heavy atom. The Kier molecular flexibility index (Phi) is 4.83. The third kappa shape index (κ3) is 3.98. The van der Waals surface area contributed by atoms with Crippen molar-refractivity contribution < 1.29 is 4.79 Å². The van der Waals surface area contributed by atoms with Gasteiger partial charge in [0.05, 0.1) is 0 Å². The average molecular weight is 260 g/mol. The second-order valence-electron chi connectivity index (χ2n) is 5.62. The highest BCUT2D eigenvalue weighted by Gasteiger charge is 2.19. The van der Waals surface area contributed by atoms with Gasteiger partial charge in [-0.3, -0.25) is 4.79 Å². The number of hydrogen-bond donors (Lipinski definition) is 1. The minimum Gasteiger partial charge on any atom is -0.399 e. The van der Waals surface area contributed by atoms with Gasteiger partial charge in [-0.25, -0.2) is 0 Å². The van der Waals surface area contributed by atoms with E-state index in [4.69, 9.17) is 5.73 Å². The van der Waals surface area contributed by atoms with Crippen molar-refractivity contribution in [3.8, 4) is 0 Å². The number of aryl methyl sites for hydroxylation is 1. The number of anilines is 1. The van der Waals surface area contributed by atoms with Gasteiger partial charge in [-0.15, -0.1) is 0 Å². The van der Waals surface area contributed by atoms with Crippen LogP contribution in [0.2, 0.25) is 0 Å². The monoisotopic (exact) mass is 260 g/mol. The van der Waals surface area contributed by atoms with Crippen molar-refractivity contribution in [2.45, 2.75) is 38.5 Å². The average Bonchev–Trinajstić information content (AvgIpc) is 2.90. The van der Waals surface area contributed by atoms with E-state index in [1.165, 1.54) is 25.7 Å². The molecule has 2 rings (SSSR count). The first kappa shape index (κ1) is 13.9. The number of hydrogen-bond acceptors (Lipinski definition) is 2. The summed E-state index contributed by atoms with van der Waals surface area (Å²) in [4.78, 5) is 14.0. The standard InChI is InChI=1S/C16H24N2O/c1-18(12-13-6-2-3-7-13)16(19)11-10-14-8-4-5-9-15(14)17/h4-5,8-9,13H,2-3,6-7,10-12,17H2,1H3. The molecular formula is C16H24N2O. The van der Waals surface area contributed by atoms with Crippen LogP contribution < -0.4 is 5.73 Å². The third-order valence-corrected chi connectivity index (χ3v) is 4.10. The first-order valence-corrected chi connectivity index (χ1v) is 7.24. The first-order valence-electron chi connectivity index (χ1n) is 7.24. The summed E-state index contributed by atoms with van der Waals surface area (Å²) in [6.07, 6.45) is 6.50. The molecule has 2 N–H and O–H groups in total. The Morgan fingerprint density at radius 1 is 1.32 bits per heavy atom. The molecule has 0 heterocycles. The van der Waals surface area contributed by atoms with E-state index in [0.29, 0.717) is 6.42 Å². The number of benzene rings is 1. The molecule has 1 amide bonds. The summed E-state index contributed by atoms with van der Waals surface area (Å²) < 4.78 is 0. The molecule has 0 saturated heterocycles. The van der Waals surface area contributed by atoms with Crippen molar-refractivity contribution in [3.05, 3.63) is 29.8 Å². The first-order chi connectivity index (χ1) is 9.16. The summed E-state index contributed by atoms with van der Waals surface area (Å²) in [5, 5.41) is 0. The number of carbonyl (C=O) groups is 1. The van der Waals surface area contributed by atoms with Gasteiger partial charge in [0.2, 0.25) is 5.91 Å². The number of nitrogens with two attached hydrogens (primary N) is 1. The van der Waals surface area contributed by atoms with E-state index in [1.807, 2.05) is 36.2 Å². The second kappa shape index (κ2) is 6.60. The van der Waals surface area contributed by atoms with Gasteiger partial charge in [-0.05, 0) is 36.8 Å².